The van der Waals surface area contributed by atoms with Gasteiger partial charge in [0.15, 0.2) is 0 Å². The lowest BCUT2D eigenvalue weighted by Crippen LogP contribution is -2.36. The molecule has 1 aromatic heterocycles. The van der Waals surface area contributed by atoms with Crippen molar-refractivity contribution in [1.29, 1.82) is 0 Å². The molecule has 2 unspecified atom stereocenters. The van der Waals surface area contributed by atoms with Gasteiger partial charge in [0.1, 0.15) is 0 Å². The summed E-state index contributed by atoms with van der Waals surface area (Å²) >= 11 is 0. The highest BCUT2D eigenvalue weighted by molar-refractivity contribution is 5.48. The Morgan fingerprint density at radius 3 is 2.73 bits per heavy atom. The Labute approximate surface area is 90.8 Å². The van der Waals surface area contributed by atoms with Crippen LogP contribution in [0.5, 0.6) is 0 Å². The van der Waals surface area contributed by atoms with Gasteiger partial charge in [0.2, 0.25) is 0 Å². The van der Waals surface area contributed by atoms with Crippen molar-refractivity contribution in [3.8, 4) is 0 Å². The van der Waals surface area contributed by atoms with Crippen molar-refractivity contribution >= 4 is 12.2 Å². The molecule has 2 aliphatic carbocycles. The average molecular weight is 205 g/mol. The quantitative estimate of drug-likeness (QED) is 0.677. The largest absolute Gasteiger partial charge is 0.322 e. The summed E-state index contributed by atoms with van der Waals surface area (Å²) in [7, 11) is 0. The first kappa shape index (κ1) is 10.2. The Morgan fingerprint density at radius 2 is 2.00 bits per heavy atom. The van der Waals surface area contributed by atoms with Gasteiger partial charge in [-0.05, 0) is 36.5 Å². The number of hydrogen-bond donors (Lipinski definition) is 1. The number of nitrogens with one attached hydrogen (secondary N) is 1. The number of pyridine rings is 1. The van der Waals surface area contributed by atoms with E-state index in [-0.39, 0.29) is 6.99 Å². The van der Waals surface area contributed by atoms with Gasteiger partial charge in [-0.15, -0.1) is 0 Å². The summed E-state index contributed by atoms with van der Waals surface area (Å²) in [5, 5.41) is 2.23. The Bertz CT molecular complexity index is 544. The first-order chi connectivity index (χ1) is 7.24. The zero-order valence-corrected chi connectivity index (χ0v) is 9.50. The second-order valence-corrected chi connectivity index (χ2v) is 4.05. The van der Waals surface area contributed by atoms with Crippen LogP contribution in [0, 0.1) is 18.8 Å². The summed E-state index contributed by atoms with van der Waals surface area (Å²) in [6.45, 7) is 5.85. The Morgan fingerprint density at radius 1 is 1.33 bits per heavy atom. The van der Waals surface area contributed by atoms with Crippen molar-refractivity contribution in [3.63, 3.8) is 0 Å². The van der Waals surface area contributed by atoms with Crippen LogP contribution < -0.4 is 16.1 Å². The van der Waals surface area contributed by atoms with E-state index in [2.05, 4.69) is 17.1 Å². The number of aromatic amines is 1. The normalized spacial score (nSPS) is 24.7. The van der Waals surface area contributed by atoms with Gasteiger partial charge in [-0.25, -0.2) is 0 Å². The topological polar surface area (TPSA) is 32.9 Å². The van der Waals surface area contributed by atoms with E-state index in [9.17, 15) is 4.79 Å². The van der Waals surface area contributed by atoms with Crippen molar-refractivity contribution in [3.05, 3.63) is 32.6 Å². The number of hydrogen-bond acceptors (Lipinski definition) is 1. The Hall–Kier alpha value is -1.31. The van der Waals surface area contributed by atoms with Gasteiger partial charge < -0.3 is 4.98 Å². The zero-order valence-electron chi connectivity index (χ0n) is 9.50. The molecule has 0 spiro atoms. The van der Waals surface area contributed by atoms with Crippen LogP contribution in [0.3, 0.4) is 0 Å². The lowest BCUT2D eigenvalue weighted by molar-refractivity contribution is 1.01. The van der Waals surface area contributed by atoms with Gasteiger partial charge in [-0.3, -0.25) is 4.79 Å². The number of aromatic nitrogens is 1. The fourth-order valence-electron chi connectivity index (χ4n) is 2.01. The summed E-state index contributed by atoms with van der Waals surface area (Å²) < 4.78 is 0. The van der Waals surface area contributed by atoms with E-state index in [0.29, 0.717) is 5.92 Å². The van der Waals surface area contributed by atoms with Crippen molar-refractivity contribution < 1.29 is 1.43 Å². The van der Waals surface area contributed by atoms with Crippen LogP contribution in [0.4, 0.5) is 0 Å². The molecule has 0 aliphatic heterocycles. The fourth-order valence-corrected chi connectivity index (χ4v) is 2.01. The highest BCUT2D eigenvalue weighted by Crippen LogP contribution is 2.41. The Balaban J connectivity index is 0.000000406. The van der Waals surface area contributed by atoms with E-state index in [1.807, 2.05) is 26.8 Å². The standard InChI is InChI=1S/C11H11NO.C2H6.H2/c1-6-2-9-4-7-3-8(7)5-10(9)12-11(6)13;1-2;/h2,4-5,7-8H,3H2,1H3,(H,12,13);1-2H3;1H. The third-order valence-electron chi connectivity index (χ3n) is 2.95. The third-order valence-corrected chi connectivity index (χ3v) is 2.95. The van der Waals surface area contributed by atoms with Gasteiger partial charge in [0.05, 0.1) is 0 Å². The Kier molecular flexibility index (Phi) is 2.51. The molecule has 2 heteroatoms. The molecule has 15 heavy (non-hydrogen) atoms. The SMILES string of the molecule is CC.Cc1cc2c([nH]c1=O)=CC1CC1C=2.[HH]. The molecule has 1 saturated carbocycles. The second kappa shape index (κ2) is 3.69. The van der Waals surface area contributed by atoms with Crippen molar-refractivity contribution in [1.82, 2.24) is 4.98 Å². The third kappa shape index (κ3) is 1.76. The first-order valence-electron chi connectivity index (χ1n) is 5.68. The summed E-state index contributed by atoms with van der Waals surface area (Å²) in [6, 6.07) is 1.99. The molecule has 2 atom stereocenters. The first-order valence-corrected chi connectivity index (χ1v) is 5.68. The van der Waals surface area contributed by atoms with E-state index in [1.54, 1.807) is 0 Å². The molecule has 1 fully saturated rings. The molecule has 2 nitrogen and oxygen atoms in total. The molecule has 1 aromatic rings. The highest BCUT2D eigenvalue weighted by Gasteiger charge is 2.34. The van der Waals surface area contributed by atoms with E-state index in [1.165, 1.54) is 11.6 Å². The summed E-state index contributed by atoms with van der Waals surface area (Å²) in [4.78, 5) is 14.2. The van der Waals surface area contributed by atoms with Crippen LogP contribution in [0.1, 0.15) is 27.3 Å². The predicted octanol–water partition coefficient (Wildman–Crippen LogP) is 1.17. The monoisotopic (exact) mass is 205 g/mol. The van der Waals surface area contributed by atoms with E-state index in [4.69, 9.17) is 0 Å². The van der Waals surface area contributed by atoms with Gasteiger partial charge in [0.25, 0.3) is 5.56 Å². The molecular weight excluding hydrogens is 186 g/mol. The van der Waals surface area contributed by atoms with Crippen molar-refractivity contribution in [2.24, 2.45) is 11.8 Å². The molecule has 2 aliphatic rings. The van der Waals surface area contributed by atoms with Crippen LogP contribution >= 0.6 is 0 Å². The van der Waals surface area contributed by atoms with Crippen molar-refractivity contribution in [2.45, 2.75) is 27.2 Å². The van der Waals surface area contributed by atoms with Crippen LogP contribution in [0.15, 0.2) is 10.9 Å². The molecule has 0 aromatic carbocycles. The highest BCUT2D eigenvalue weighted by atomic mass is 16.1. The molecule has 3 rings (SSSR count). The van der Waals surface area contributed by atoms with Crippen LogP contribution in [0.2, 0.25) is 0 Å². The molecule has 0 radical (unpaired) electrons. The van der Waals surface area contributed by atoms with E-state index >= 15 is 0 Å². The van der Waals surface area contributed by atoms with Crippen LogP contribution in [-0.2, 0) is 0 Å². The minimum absolute atomic E-state index is 0. The number of aryl methyl sites for hydroxylation is 1. The molecule has 0 amide bonds. The number of H-pyrrole nitrogens is 1. The maximum atomic E-state index is 11.3. The molecule has 1 N–H and O–H groups in total. The van der Waals surface area contributed by atoms with E-state index < -0.39 is 0 Å². The molecule has 82 valence electrons. The number of fused-ring (bicyclic) bond motifs is 2. The smallest absolute Gasteiger partial charge is 0.251 e. The average Bonchev–Trinajstić information content (AvgIpc) is 2.97. The van der Waals surface area contributed by atoms with Gasteiger partial charge in [-0.2, -0.15) is 0 Å². The predicted molar refractivity (Wildman–Crippen MR) is 65.0 cm³/mol. The summed E-state index contributed by atoms with van der Waals surface area (Å²) in [6.07, 6.45) is 5.74. The van der Waals surface area contributed by atoms with Gasteiger partial charge in [-0.1, -0.05) is 26.0 Å². The molecule has 0 bridgehead atoms. The number of rotatable bonds is 0. The van der Waals surface area contributed by atoms with Gasteiger partial charge >= 0.3 is 0 Å². The maximum Gasteiger partial charge on any atom is 0.251 e. The van der Waals surface area contributed by atoms with E-state index in [0.717, 1.165) is 16.8 Å². The lowest BCUT2D eigenvalue weighted by Gasteiger charge is -1.99. The molecular formula is C13H19NO. The maximum absolute atomic E-state index is 11.3. The summed E-state index contributed by atoms with van der Waals surface area (Å²) in [5.41, 5.74) is 0.852. The molecule has 1 heterocycles. The van der Waals surface area contributed by atoms with Crippen molar-refractivity contribution in [2.75, 3.05) is 0 Å². The summed E-state index contributed by atoms with van der Waals surface area (Å²) in [5.74, 6) is 1.45. The lowest BCUT2D eigenvalue weighted by atomic mass is 10.1. The zero-order chi connectivity index (χ0) is 11.0. The van der Waals surface area contributed by atoms with Gasteiger partial charge in [0, 0.05) is 12.3 Å². The fraction of sp³-hybridized carbons (Fsp3) is 0.462. The molecule has 0 saturated heterocycles. The minimum atomic E-state index is 0. The van der Waals surface area contributed by atoms with Crippen LogP contribution in [0.25, 0.3) is 12.2 Å². The minimum Gasteiger partial charge on any atom is -0.322 e. The van der Waals surface area contributed by atoms with Crippen LogP contribution in [-0.4, -0.2) is 4.98 Å². The second-order valence-electron chi connectivity index (χ2n) is 4.05.